The van der Waals surface area contributed by atoms with E-state index in [0.29, 0.717) is 5.92 Å². The Morgan fingerprint density at radius 3 is 2.62 bits per heavy atom. The molecule has 1 heterocycles. The molecule has 0 spiro atoms. The van der Waals surface area contributed by atoms with E-state index >= 15 is 0 Å². The molecule has 70 valence electrons. The molecule has 1 aliphatic rings. The van der Waals surface area contributed by atoms with Gasteiger partial charge in [-0.05, 0) is 19.1 Å². The third kappa shape index (κ3) is 1.44. The maximum absolute atomic E-state index is 5.92. The van der Waals surface area contributed by atoms with Crippen LogP contribution in [0.15, 0.2) is 29.2 Å². The van der Waals surface area contributed by atoms with Gasteiger partial charge in [0.15, 0.2) is 4.93 Å². The quantitative estimate of drug-likeness (QED) is 0.676. The van der Waals surface area contributed by atoms with Gasteiger partial charge in [0, 0.05) is 5.92 Å². The van der Waals surface area contributed by atoms with Gasteiger partial charge in [-0.15, -0.1) is 0 Å². The average molecular weight is 194 g/mol. The van der Waals surface area contributed by atoms with Crippen LogP contribution in [0.25, 0.3) is 0 Å². The van der Waals surface area contributed by atoms with Gasteiger partial charge < -0.3 is 4.74 Å². The Kier molecular flexibility index (Phi) is 2.03. The molecule has 0 N–H and O–H groups in total. The van der Waals surface area contributed by atoms with Crippen LogP contribution in [0.1, 0.15) is 20.8 Å². The van der Waals surface area contributed by atoms with Gasteiger partial charge in [-0.2, -0.15) is 0 Å². The highest BCUT2D eigenvalue weighted by Gasteiger charge is 2.38. The lowest BCUT2D eigenvalue weighted by Gasteiger charge is -2.26. The summed E-state index contributed by atoms with van der Waals surface area (Å²) < 4.78 is 5.92. The number of thioether (sulfide) groups is 1. The molecular formula is C11H14OS. The third-order valence-corrected chi connectivity index (χ3v) is 4.04. The predicted molar refractivity (Wildman–Crippen MR) is 56.2 cm³/mol. The molecule has 1 aliphatic heterocycles. The topological polar surface area (TPSA) is 9.23 Å². The molecule has 0 amide bonds. The Balaban J connectivity index is 2.32. The highest BCUT2D eigenvalue weighted by molar-refractivity contribution is 8.00. The average Bonchev–Trinajstić information content (AvgIpc) is 2.42. The monoisotopic (exact) mass is 194 g/mol. The fourth-order valence-electron chi connectivity index (χ4n) is 1.31. The van der Waals surface area contributed by atoms with Gasteiger partial charge in [-0.1, -0.05) is 37.7 Å². The lowest BCUT2D eigenvalue weighted by molar-refractivity contribution is 0.142. The van der Waals surface area contributed by atoms with E-state index in [4.69, 9.17) is 4.74 Å². The molecule has 1 aromatic rings. The van der Waals surface area contributed by atoms with Crippen LogP contribution < -0.4 is 4.74 Å². The lowest BCUT2D eigenvalue weighted by atomic mass is 10.1. The van der Waals surface area contributed by atoms with Crippen molar-refractivity contribution in [1.82, 2.24) is 0 Å². The molecule has 0 saturated heterocycles. The molecule has 1 atom stereocenters. The molecule has 0 fully saturated rings. The summed E-state index contributed by atoms with van der Waals surface area (Å²) in [6, 6.07) is 8.23. The summed E-state index contributed by atoms with van der Waals surface area (Å²) >= 11 is 1.82. The summed E-state index contributed by atoms with van der Waals surface area (Å²) in [6.07, 6.45) is 0. The molecule has 1 aromatic carbocycles. The number of hydrogen-bond acceptors (Lipinski definition) is 2. The molecule has 13 heavy (non-hydrogen) atoms. The first kappa shape index (κ1) is 8.95. The Bertz CT molecular complexity index is 295. The van der Waals surface area contributed by atoms with Crippen molar-refractivity contribution in [2.45, 2.75) is 30.6 Å². The molecule has 0 aliphatic carbocycles. The minimum atomic E-state index is -0.0797. The molecule has 1 unspecified atom stereocenters. The van der Waals surface area contributed by atoms with Crippen molar-refractivity contribution >= 4 is 11.8 Å². The van der Waals surface area contributed by atoms with Crippen LogP contribution in [0.5, 0.6) is 5.75 Å². The van der Waals surface area contributed by atoms with Crippen molar-refractivity contribution in [2.24, 2.45) is 5.92 Å². The van der Waals surface area contributed by atoms with Gasteiger partial charge in [-0.25, -0.2) is 0 Å². The Morgan fingerprint density at radius 2 is 2.00 bits per heavy atom. The van der Waals surface area contributed by atoms with Crippen LogP contribution in [0.3, 0.4) is 0 Å². The van der Waals surface area contributed by atoms with Crippen molar-refractivity contribution < 1.29 is 4.74 Å². The summed E-state index contributed by atoms with van der Waals surface area (Å²) in [7, 11) is 0. The van der Waals surface area contributed by atoms with Crippen LogP contribution >= 0.6 is 11.8 Å². The van der Waals surface area contributed by atoms with Crippen molar-refractivity contribution in [1.29, 1.82) is 0 Å². The third-order valence-electron chi connectivity index (χ3n) is 2.52. The Hall–Kier alpha value is -0.630. The van der Waals surface area contributed by atoms with E-state index in [1.165, 1.54) is 4.90 Å². The predicted octanol–water partition coefficient (Wildman–Crippen LogP) is 3.54. The SMILES string of the molecule is CC(C)C1(C)Oc2ccccc2S1. The number of benzene rings is 1. The van der Waals surface area contributed by atoms with Crippen LogP contribution in [0, 0.1) is 5.92 Å². The summed E-state index contributed by atoms with van der Waals surface area (Å²) in [4.78, 5) is 1.18. The van der Waals surface area contributed by atoms with Gasteiger partial charge in [0.25, 0.3) is 0 Å². The standard InChI is InChI=1S/C11H14OS/c1-8(2)11(3)12-9-6-4-5-7-10(9)13-11/h4-8H,1-3H3. The molecule has 0 aromatic heterocycles. The second-order valence-corrected chi connectivity index (χ2v) is 5.28. The minimum absolute atomic E-state index is 0.0797. The summed E-state index contributed by atoms with van der Waals surface area (Å²) in [5.41, 5.74) is 0. The van der Waals surface area contributed by atoms with Crippen molar-refractivity contribution in [3.8, 4) is 5.75 Å². The second-order valence-electron chi connectivity index (χ2n) is 3.82. The fourth-order valence-corrected chi connectivity index (χ4v) is 2.47. The van der Waals surface area contributed by atoms with E-state index < -0.39 is 0 Å². The number of rotatable bonds is 1. The van der Waals surface area contributed by atoms with Crippen LogP contribution in [0.4, 0.5) is 0 Å². The van der Waals surface area contributed by atoms with E-state index in [9.17, 15) is 0 Å². The smallest absolute Gasteiger partial charge is 0.158 e. The van der Waals surface area contributed by atoms with E-state index in [-0.39, 0.29) is 4.93 Å². The van der Waals surface area contributed by atoms with Crippen LogP contribution in [0.2, 0.25) is 0 Å². The fraction of sp³-hybridized carbons (Fsp3) is 0.455. The van der Waals surface area contributed by atoms with E-state index in [0.717, 1.165) is 5.75 Å². The van der Waals surface area contributed by atoms with Crippen LogP contribution in [-0.2, 0) is 0 Å². The van der Waals surface area contributed by atoms with Crippen LogP contribution in [-0.4, -0.2) is 4.93 Å². The zero-order valence-corrected chi connectivity index (χ0v) is 9.02. The highest BCUT2D eigenvalue weighted by Crippen LogP contribution is 2.50. The van der Waals surface area contributed by atoms with Gasteiger partial charge >= 0.3 is 0 Å². The minimum Gasteiger partial charge on any atom is -0.475 e. The van der Waals surface area contributed by atoms with Crippen molar-refractivity contribution in [3.05, 3.63) is 24.3 Å². The number of ether oxygens (including phenoxy) is 1. The summed E-state index contributed by atoms with van der Waals surface area (Å²) in [6.45, 7) is 6.54. The highest BCUT2D eigenvalue weighted by atomic mass is 32.2. The molecule has 0 radical (unpaired) electrons. The molecule has 0 saturated carbocycles. The van der Waals surface area contributed by atoms with Gasteiger partial charge in [-0.3, -0.25) is 0 Å². The zero-order valence-electron chi connectivity index (χ0n) is 8.20. The summed E-state index contributed by atoms with van der Waals surface area (Å²) in [5.74, 6) is 1.55. The van der Waals surface area contributed by atoms with E-state index in [1.54, 1.807) is 0 Å². The van der Waals surface area contributed by atoms with E-state index in [2.05, 4.69) is 32.9 Å². The van der Waals surface area contributed by atoms with Gasteiger partial charge in [0.2, 0.25) is 0 Å². The zero-order chi connectivity index (χ0) is 9.47. The normalized spacial score (nSPS) is 25.8. The van der Waals surface area contributed by atoms with Crippen molar-refractivity contribution in [2.75, 3.05) is 0 Å². The number of fused-ring (bicyclic) bond motifs is 1. The molecule has 2 heteroatoms. The molecule has 1 nitrogen and oxygen atoms in total. The largest absolute Gasteiger partial charge is 0.475 e. The Morgan fingerprint density at radius 1 is 1.31 bits per heavy atom. The van der Waals surface area contributed by atoms with Gasteiger partial charge in [0.1, 0.15) is 5.75 Å². The maximum Gasteiger partial charge on any atom is 0.158 e. The number of para-hydroxylation sites is 1. The Labute approximate surface area is 83.5 Å². The van der Waals surface area contributed by atoms with Crippen molar-refractivity contribution in [3.63, 3.8) is 0 Å². The molecule has 0 bridgehead atoms. The van der Waals surface area contributed by atoms with Gasteiger partial charge in [0.05, 0.1) is 4.90 Å². The first-order chi connectivity index (χ1) is 6.12. The summed E-state index contributed by atoms with van der Waals surface area (Å²) in [5, 5.41) is 0. The van der Waals surface area contributed by atoms with E-state index in [1.807, 2.05) is 23.9 Å². The first-order valence-corrected chi connectivity index (χ1v) is 5.40. The first-order valence-electron chi connectivity index (χ1n) is 4.59. The maximum atomic E-state index is 5.92. The molecule has 2 rings (SSSR count). The second kappa shape index (κ2) is 2.95. The molecular weight excluding hydrogens is 180 g/mol. The number of hydrogen-bond donors (Lipinski definition) is 0. The lowest BCUT2D eigenvalue weighted by Crippen LogP contribution is -2.30.